The van der Waals surface area contributed by atoms with Crippen LogP contribution in [0.3, 0.4) is 0 Å². The Morgan fingerprint density at radius 2 is 2.12 bits per heavy atom. The number of nitrogens with one attached hydrogen (secondary N) is 2. The molecule has 2 N–H and O–H groups in total. The van der Waals surface area contributed by atoms with Crippen molar-refractivity contribution in [2.75, 3.05) is 18.4 Å². The molecule has 0 radical (unpaired) electrons. The summed E-state index contributed by atoms with van der Waals surface area (Å²) in [5.41, 5.74) is 0.222. The average molecular weight is 343 g/mol. The van der Waals surface area contributed by atoms with Gasteiger partial charge in [0.15, 0.2) is 0 Å². The summed E-state index contributed by atoms with van der Waals surface area (Å²) >= 11 is 0. The molecule has 9 heteroatoms. The van der Waals surface area contributed by atoms with Crippen LogP contribution in [-0.2, 0) is 4.79 Å². The van der Waals surface area contributed by atoms with Crippen molar-refractivity contribution in [2.45, 2.75) is 44.6 Å². The number of amides is 3. The van der Waals surface area contributed by atoms with E-state index in [2.05, 4.69) is 25.7 Å². The molecular weight excluding hydrogens is 322 g/mol. The van der Waals surface area contributed by atoms with Gasteiger partial charge in [-0.05, 0) is 26.2 Å². The third-order valence-corrected chi connectivity index (χ3v) is 4.95. The van der Waals surface area contributed by atoms with Crippen molar-refractivity contribution in [3.05, 3.63) is 18.1 Å². The van der Waals surface area contributed by atoms with E-state index in [1.54, 1.807) is 4.52 Å². The molecule has 1 aliphatic heterocycles. The lowest BCUT2D eigenvalue weighted by Gasteiger charge is -2.20. The fourth-order valence-corrected chi connectivity index (χ4v) is 3.71. The quantitative estimate of drug-likeness (QED) is 0.622. The second kappa shape index (κ2) is 5.98. The first-order valence-electron chi connectivity index (χ1n) is 8.64. The molecular formula is C16H21N7O2. The number of aromatic nitrogens is 4. The fourth-order valence-electron chi connectivity index (χ4n) is 3.71. The van der Waals surface area contributed by atoms with Gasteiger partial charge in [-0.25, -0.2) is 9.78 Å². The number of carbonyl (C=O) groups is 2. The van der Waals surface area contributed by atoms with Crippen LogP contribution in [0.1, 0.15) is 37.8 Å². The second-order valence-corrected chi connectivity index (χ2v) is 6.71. The molecule has 132 valence electrons. The summed E-state index contributed by atoms with van der Waals surface area (Å²) in [5.74, 6) is 1.28. The molecule has 2 aliphatic rings. The highest BCUT2D eigenvalue weighted by Crippen LogP contribution is 2.34. The Morgan fingerprint density at radius 3 is 2.92 bits per heavy atom. The number of aryl methyl sites for hydroxylation is 1. The van der Waals surface area contributed by atoms with Crippen LogP contribution in [0.4, 0.5) is 10.6 Å². The van der Waals surface area contributed by atoms with E-state index in [0.29, 0.717) is 25.3 Å². The number of rotatable bonds is 5. The van der Waals surface area contributed by atoms with E-state index in [-0.39, 0.29) is 11.9 Å². The Labute approximate surface area is 144 Å². The van der Waals surface area contributed by atoms with E-state index in [1.807, 2.05) is 13.0 Å². The molecule has 9 nitrogen and oxygen atoms in total. The first-order chi connectivity index (χ1) is 12.1. The van der Waals surface area contributed by atoms with Crippen molar-refractivity contribution in [1.29, 1.82) is 0 Å². The minimum atomic E-state index is -0.625. The van der Waals surface area contributed by atoms with E-state index in [1.165, 1.54) is 11.2 Å². The van der Waals surface area contributed by atoms with Crippen LogP contribution in [0.25, 0.3) is 5.78 Å². The van der Waals surface area contributed by atoms with Crippen molar-refractivity contribution in [1.82, 2.24) is 29.8 Å². The number of anilines is 1. The van der Waals surface area contributed by atoms with Crippen molar-refractivity contribution < 1.29 is 9.59 Å². The summed E-state index contributed by atoms with van der Waals surface area (Å²) in [7, 11) is 0. The van der Waals surface area contributed by atoms with Gasteiger partial charge in [-0.3, -0.25) is 9.69 Å². The minimum absolute atomic E-state index is 0.0616. The van der Waals surface area contributed by atoms with Gasteiger partial charge in [0.1, 0.15) is 17.7 Å². The lowest BCUT2D eigenvalue weighted by Crippen LogP contribution is -2.44. The topological polar surface area (TPSA) is 105 Å². The van der Waals surface area contributed by atoms with E-state index < -0.39 is 5.54 Å². The summed E-state index contributed by atoms with van der Waals surface area (Å²) in [5, 5.41) is 10.3. The van der Waals surface area contributed by atoms with Crippen molar-refractivity contribution in [3.63, 3.8) is 0 Å². The molecule has 0 bridgehead atoms. The van der Waals surface area contributed by atoms with Gasteiger partial charge in [0.05, 0.1) is 0 Å². The van der Waals surface area contributed by atoms with E-state index in [9.17, 15) is 9.59 Å². The standard InChI is InChI=1S/C16H21N7O2/c1-11-9-12(23-14(20-11)18-10-19-23)17-7-4-8-22-13(24)16(21-15(22)25)5-2-3-6-16/h9-10,17H,2-8H2,1H3,(H,21,25). The number of imide groups is 1. The molecule has 1 saturated heterocycles. The SMILES string of the molecule is Cc1cc(NCCCN2C(=O)NC3(CCCC3)C2=O)n2ncnc2n1. The van der Waals surface area contributed by atoms with Crippen LogP contribution in [0.15, 0.2) is 12.4 Å². The van der Waals surface area contributed by atoms with Gasteiger partial charge in [-0.2, -0.15) is 14.6 Å². The molecule has 4 rings (SSSR count). The second-order valence-electron chi connectivity index (χ2n) is 6.71. The maximum absolute atomic E-state index is 12.6. The molecule has 1 spiro atoms. The maximum Gasteiger partial charge on any atom is 0.325 e. The highest BCUT2D eigenvalue weighted by atomic mass is 16.2. The lowest BCUT2D eigenvalue weighted by molar-refractivity contribution is -0.131. The number of fused-ring (bicyclic) bond motifs is 1. The van der Waals surface area contributed by atoms with Crippen LogP contribution in [0.2, 0.25) is 0 Å². The Kier molecular flexibility index (Phi) is 3.78. The lowest BCUT2D eigenvalue weighted by atomic mass is 9.98. The van der Waals surface area contributed by atoms with E-state index in [4.69, 9.17) is 0 Å². The van der Waals surface area contributed by atoms with Crippen LogP contribution >= 0.6 is 0 Å². The summed E-state index contributed by atoms with van der Waals surface area (Å²) in [6.07, 6.45) is 5.63. The van der Waals surface area contributed by atoms with Crippen molar-refractivity contribution >= 4 is 23.5 Å². The number of urea groups is 1. The minimum Gasteiger partial charge on any atom is -0.370 e. The molecule has 3 heterocycles. The first-order valence-corrected chi connectivity index (χ1v) is 8.64. The molecule has 1 saturated carbocycles. The Hall–Kier alpha value is -2.71. The van der Waals surface area contributed by atoms with E-state index >= 15 is 0 Å². The van der Waals surface area contributed by atoms with Crippen LogP contribution < -0.4 is 10.6 Å². The zero-order valence-electron chi connectivity index (χ0n) is 14.2. The molecule has 0 aromatic carbocycles. The Bertz CT molecular complexity index is 825. The van der Waals surface area contributed by atoms with Crippen LogP contribution in [0, 0.1) is 6.92 Å². The normalized spacial score (nSPS) is 19.2. The largest absolute Gasteiger partial charge is 0.370 e. The average Bonchev–Trinajstić information content (AvgIpc) is 3.27. The van der Waals surface area contributed by atoms with Gasteiger partial charge in [-0.15, -0.1) is 0 Å². The molecule has 0 atom stereocenters. The van der Waals surface area contributed by atoms with Gasteiger partial charge in [0, 0.05) is 24.8 Å². The Balaban J connectivity index is 1.36. The molecule has 25 heavy (non-hydrogen) atoms. The zero-order valence-corrected chi connectivity index (χ0v) is 14.2. The summed E-state index contributed by atoms with van der Waals surface area (Å²) in [6.45, 7) is 2.92. The number of nitrogens with zero attached hydrogens (tertiary/aromatic N) is 5. The smallest absolute Gasteiger partial charge is 0.325 e. The highest BCUT2D eigenvalue weighted by molar-refractivity contribution is 6.07. The fraction of sp³-hybridized carbons (Fsp3) is 0.562. The molecule has 0 unspecified atom stereocenters. The molecule has 2 fully saturated rings. The summed E-state index contributed by atoms with van der Waals surface area (Å²) in [6, 6.07) is 1.63. The first kappa shape index (κ1) is 15.8. The van der Waals surface area contributed by atoms with Gasteiger partial charge < -0.3 is 10.6 Å². The van der Waals surface area contributed by atoms with Gasteiger partial charge in [-0.1, -0.05) is 12.8 Å². The molecule has 2 aromatic heterocycles. The Morgan fingerprint density at radius 1 is 1.32 bits per heavy atom. The van der Waals surface area contributed by atoms with Crippen molar-refractivity contribution in [2.24, 2.45) is 0 Å². The van der Waals surface area contributed by atoms with Gasteiger partial charge in [0.2, 0.25) is 0 Å². The molecule has 1 aliphatic carbocycles. The number of hydrogen-bond acceptors (Lipinski definition) is 6. The molecule has 2 aromatic rings. The van der Waals surface area contributed by atoms with Crippen LogP contribution in [0.5, 0.6) is 0 Å². The predicted octanol–water partition coefficient (Wildman–Crippen LogP) is 1.10. The summed E-state index contributed by atoms with van der Waals surface area (Å²) < 4.78 is 1.63. The van der Waals surface area contributed by atoms with Gasteiger partial charge in [0.25, 0.3) is 11.7 Å². The maximum atomic E-state index is 12.6. The monoisotopic (exact) mass is 343 g/mol. The third-order valence-electron chi connectivity index (χ3n) is 4.95. The zero-order chi connectivity index (χ0) is 17.4. The predicted molar refractivity (Wildman–Crippen MR) is 90.1 cm³/mol. The molecule has 3 amide bonds. The van der Waals surface area contributed by atoms with Gasteiger partial charge >= 0.3 is 6.03 Å². The van der Waals surface area contributed by atoms with E-state index in [0.717, 1.165) is 37.2 Å². The number of carbonyl (C=O) groups excluding carboxylic acids is 2. The number of hydrogen-bond donors (Lipinski definition) is 2. The third kappa shape index (κ3) is 2.69. The van der Waals surface area contributed by atoms with Crippen LogP contribution in [-0.4, -0.2) is 55.0 Å². The van der Waals surface area contributed by atoms with Crippen molar-refractivity contribution in [3.8, 4) is 0 Å². The highest BCUT2D eigenvalue weighted by Gasteiger charge is 2.51. The summed E-state index contributed by atoms with van der Waals surface area (Å²) in [4.78, 5) is 34.5.